The second-order valence-electron chi connectivity index (χ2n) is 2.59. The topological polar surface area (TPSA) is 55.9 Å². The Kier molecular flexibility index (Phi) is 2.86. The minimum Gasteiger partial charge on any atom is -0.340 e. The molecule has 0 aliphatic heterocycles. The zero-order valence-corrected chi connectivity index (χ0v) is 6.99. The van der Waals surface area contributed by atoms with Crippen LogP contribution in [0.3, 0.4) is 0 Å². The zero-order chi connectivity index (χ0) is 8.97. The van der Waals surface area contributed by atoms with Crippen LogP contribution >= 0.6 is 0 Å². The number of nitrogens with zero attached hydrogens (tertiary/aromatic N) is 2. The van der Waals surface area contributed by atoms with Gasteiger partial charge in [-0.25, -0.2) is 4.98 Å². The molecular formula is C8H12N4. The first-order valence-corrected chi connectivity index (χ1v) is 3.65. The van der Waals surface area contributed by atoms with Gasteiger partial charge >= 0.3 is 0 Å². The summed E-state index contributed by atoms with van der Waals surface area (Å²) in [5, 5.41) is 0. The van der Waals surface area contributed by atoms with E-state index < -0.39 is 0 Å². The van der Waals surface area contributed by atoms with Crippen molar-refractivity contribution in [3.8, 4) is 12.3 Å². The van der Waals surface area contributed by atoms with Crippen LogP contribution in [0.5, 0.6) is 0 Å². The molecule has 0 saturated heterocycles. The van der Waals surface area contributed by atoms with E-state index in [1.807, 2.05) is 17.8 Å². The van der Waals surface area contributed by atoms with Crippen molar-refractivity contribution in [2.24, 2.45) is 12.9 Å². The summed E-state index contributed by atoms with van der Waals surface area (Å²) >= 11 is 0. The highest BCUT2D eigenvalue weighted by atomic mass is 15.2. The van der Waals surface area contributed by atoms with Crippen LogP contribution in [-0.4, -0.2) is 9.55 Å². The number of aromatic nitrogens is 2. The molecule has 1 aromatic heterocycles. The van der Waals surface area contributed by atoms with Crippen LogP contribution in [0.1, 0.15) is 18.2 Å². The van der Waals surface area contributed by atoms with Gasteiger partial charge in [0, 0.05) is 19.7 Å². The molecule has 0 radical (unpaired) electrons. The lowest BCUT2D eigenvalue weighted by atomic mass is 10.2. The Morgan fingerprint density at radius 3 is 3.08 bits per heavy atom. The number of rotatable bonds is 3. The summed E-state index contributed by atoms with van der Waals surface area (Å²) in [6.07, 6.45) is 9.33. The highest BCUT2D eigenvalue weighted by Crippen LogP contribution is 2.11. The van der Waals surface area contributed by atoms with Gasteiger partial charge in [0.05, 0.1) is 18.1 Å². The third-order valence-corrected chi connectivity index (χ3v) is 1.61. The molecule has 3 N–H and O–H groups in total. The Bertz CT molecular complexity index is 283. The van der Waals surface area contributed by atoms with Crippen LogP contribution in [0.2, 0.25) is 0 Å². The standard InChI is InChI=1S/C8H12N4/c1-3-4-7(11-9)8-5-12(2)6-10-8/h1,5-7,11H,4,9H2,2H3. The number of hydrogen-bond acceptors (Lipinski definition) is 3. The molecule has 0 fully saturated rings. The molecule has 4 nitrogen and oxygen atoms in total. The molecule has 0 aromatic carbocycles. The molecule has 1 unspecified atom stereocenters. The quantitative estimate of drug-likeness (QED) is 0.374. The number of hydrogen-bond donors (Lipinski definition) is 2. The first-order valence-electron chi connectivity index (χ1n) is 3.65. The second kappa shape index (κ2) is 3.90. The summed E-state index contributed by atoms with van der Waals surface area (Å²) in [5.41, 5.74) is 3.49. The Morgan fingerprint density at radius 1 is 1.92 bits per heavy atom. The molecule has 0 spiro atoms. The van der Waals surface area contributed by atoms with Crippen LogP contribution < -0.4 is 11.3 Å². The fourth-order valence-corrected chi connectivity index (χ4v) is 0.980. The van der Waals surface area contributed by atoms with Crippen molar-refractivity contribution in [3.05, 3.63) is 18.2 Å². The van der Waals surface area contributed by atoms with Crippen LogP contribution in [-0.2, 0) is 7.05 Å². The van der Waals surface area contributed by atoms with Crippen LogP contribution in [0.15, 0.2) is 12.5 Å². The molecule has 0 aliphatic carbocycles. The van der Waals surface area contributed by atoms with Crippen molar-refractivity contribution in [2.75, 3.05) is 0 Å². The number of terminal acetylenes is 1. The summed E-state index contributed by atoms with van der Waals surface area (Å²) in [6.45, 7) is 0. The predicted octanol–water partition coefficient (Wildman–Crippen LogP) is -0.0522. The molecule has 0 saturated carbocycles. The van der Waals surface area contributed by atoms with Gasteiger partial charge in [-0.2, -0.15) is 0 Å². The summed E-state index contributed by atoms with van der Waals surface area (Å²) in [5.74, 6) is 7.84. The van der Waals surface area contributed by atoms with Crippen molar-refractivity contribution >= 4 is 0 Å². The largest absolute Gasteiger partial charge is 0.340 e. The lowest BCUT2D eigenvalue weighted by Gasteiger charge is -2.08. The number of hydrazine groups is 1. The molecule has 1 atom stereocenters. The van der Waals surface area contributed by atoms with Gasteiger partial charge in [-0.05, 0) is 0 Å². The van der Waals surface area contributed by atoms with Crippen molar-refractivity contribution in [1.82, 2.24) is 15.0 Å². The first-order chi connectivity index (χ1) is 5.77. The zero-order valence-electron chi connectivity index (χ0n) is 6.99. The molecule has 0 bridgehead atoms. The molecule has 1 rings (SSSR count). The maximum atomic E-state index is 5.31. The Morgan fingerprint density at radius 2 is 2.67 bits per heavy atom. The summed E-state index contributed by atoms with van der Waals surface area (Å²) in [6, 6.07) is -0.0452. The van der Waals surface area contributed by atoms with Crippen LogP contribution in [0.4, 0.5) is 0 Å². The molecule has 0 aliphatic rings. The minimum atomic E-state index is -0.0452. The highest BCUT2D eigenvalue weighted by molar-refractivity contribution is 5.06. The summed E-state index contributed by atoms with van der Waals surface area (Å²) in [4.78, 5) is 4.13. The Hall–Kier alpha value is -1.31. The maximum absolute atomic E-state index is 5.31. The summed E-state index contributed by atoms with van der Waals surface area (Å²) in [7, 11) is 1.90. The van der Waals surface area contributed by atoms with E-state index in [2.05, 4.69) is 16.3 Å². The maximum Gasteiger partial charge on any atom is 0.0947 e. The smallest absolute Gasteiger partial charge is 0.0947 e. The minimum absolute atomic E-state index is 0.0452. The number of aryl methyl sites for hydroxylation is 1. The first kappa shape index (κ1) is 8.78. The molecule has 64 valence electrons. The van der Waals surface area contributed by atoms with E-state index in [0.29, 0.717) is 6.42 Å². The molecule has 1 aromatic rings. The van der Waals surface area contributed by atoms with Gasteiger partial charge in [-0.1, -0.05) is 0 Å². The van der Waals surface area contributed by atoms with Crippen molar-refractivity contribution in [2.45, 2.75) is 12.5 Å². The van der Waals surface area contributed by atoms with Crippen LogP contribution in [0, 0.1) is 12.3 Å². The fourth-order valence-electron chi connectivity index (χ4n) is 0.980. The second-order valence-corrected chi connectivity index (χ2v) is 2.59. The SMILES string of the molecule is C#CCC(NN)c1cn(C)cn1. The average molecular weight is 164 g/mol. The third-order valence-electron chi connectivity index (χ3n) is 1.61. The Balaban J connectivity index is 2.74. The molecular weight excluding hydrogens is 152 g/mol. The van der Waals surface area contributed by atoms with E-state index in [0.717, 1.165) is 5.69 Å². The van der Waals surface area contributed by atoms with Crippen molar-refractivity contribution in [3.63, 3.8) is 0 Å². The highest BCUT2D eigenvalue weighted by Gasteiger charge is 2.09. The van der Waals surface area contributed by atoms with Crippen LogP contribution in [0.25, 0.3) is 0 Å². The van der Waals surface area contributed by atoms with Crippen molar-refractivity contribution in [1.29, 1.82) is 0 Å². The molecule has 12 heavy (non-hydrogen) atoms. The molecule has 4 heteroatoms. The predicted molar refractivity (Wildman–Crippen MR) is 46.7 cm³/mol. The molecule has 0 amide bonds. The number of nitrogens with one attached hydrogen (secondary N) is 1. The van der Waals surface area contributed by atoms with E-state index in [1.165, 1.54) is 0 Å². The van der Waals surface area contributed by atoms with E-state index in [9.17, 15) is 0 Å². The van der Waals surface area contributed by atoms with Gasteiger partial charge in [0.15, 0.2) is 0 Å². The van der Waals surface area contributed by atoms with E-state index >= 15 is 0 Å². The van der Waals surface area contributed by atoms with Gasteiger partial charge < -0.3 is 4.57 Å². The summed E-state index contributed by atoms with van der Waals surface area (Å²) < 4.78 is 1.86. The lowest BCUT2D eigenvalue weighted by Crippen LogP contribution is -2.27. The normalized spacial score (nSPS) is 12.4. The van der Waals surface area contributed by atoms with Gasteiger partial charge in [-0.15, -0.1) is 12.3 Å². The van der Waals surface area contributed by atoms with Gasteiger partial charge in [0.1, 0.15) is 0 Å². The van der Waals surface area contributed by atoms with E-state index in [-0.39, 0.29) is 6.04 Å². The number of nitrogens with two attached hydrogens (primary N) is 1. The van der Waals surface area contributed by atoms with Gasteiger partial charge in [0.2, 0.25) is 0 Å². The van der Waals surface area contributed by atoms with Gasteiger partial charge in [0.25, 0.3) is 0 Å². The van der Waals surface area contributed by atoms with Gasteiger partial charge in [-0.3, -0.25) is 11.3 Å². The monoisotopic (exact) mass is 164 g/mol. The average Bonchev–Trinajstić information content (AvgIpc) is 2.47. The van der Waals surface area contributed by atoms with E-state index in [1.54, 1.807) is 6.33 Å². The Labute approximate surface area is 71.8 Å². The third kappa shape index (κ3) is 1.84. The lowest BCUT2D eigenvalue weighted by molar-refractivity contribution is 0.555. The number of imidazole rings is 1. The molecule has 1 heterocycles. The van der Waals surface area contributed by atoms with E-state index in [4.69, 9.17) is 12.3 Å². The van der Waals surface area contributed by atoms with Crippen molar-refractivity contribution < 1.29 is 0 Å². The fraction of sp³-hybridized carbons (Fsp3) is 0.375.